The predicted molar refractivity (Wildman–Crippen MR) is 74.7 cm³/mol. The molecule has 0 aromatic heterocycles. The van der Waals surface area contributed by atoms with Crippen molar-refractivity contribution in [1.82, 2.24) is 5.06 Å². The molecular formula is C15H18N2O4. The van der Waals surface area contributed by atoms with Crippen molar-refractivity contribution in [1.29, 1.82) is 5.26 Å². The molecule has 0 spiro atoms. The van der Waals surface area contributed by atoms with Crippen LogP contribution in [0.25, 0.3) is 0 Å². The molecule has 6 nitrogen and oxygen atoms in total. The molecule has 0 aliphatic rings. The second kappa shape index (κ2) is 9.50. The number of aliphatic carboxylic acids is 1. The van der Waals surface area contributed by atoms with Crippen molar-refractivity contribution in [3.63, 3.8) is 0 Å². The van der Waals surface area contributed by atoms with Gasteiger partial charge in [0, 0.05) is 19.4 Å². The smallest absolute Gasteiger partial charge is 0.303 e. The average Bonchev–Trinajstić information content (AvgIpc) is 2.49. The fourth-order valence-electron chi connectivity index (χ4n) is 1.63. The maximum atomic E-state index is 11.9. The molecule has 0 atom stereocenters. The van der Waals surface area contributed by atoms with Crippen molar-refractivity contribution < 1.29 is 19.5 Å². The van der Waals surface area contributed by atoms with E-state index in [4.69, 9.17) is 15.2 Å². The van der Waals surface area contributed by atoms with Crippen LogP contribution < -0.4 is 0 Å². The fraction of sp³-hybridized carbons (Fsp3) is 0.400. The Balaban J connectivity index is 2.52. The Morgan fingerprint density at radius 3 is 2.57 bits per heavy atom. The van der Waals surface area contributed by atoms with Crippen molar-refractivity contribution in [3.05, 3.63) is 35.9 Å². The molecule has 0 aliphatic heterocycles. The number of carboxylic acid groups (broad SMARTS) is 1. The Bertz CT molecular complexity index is 496. The van der Waals surface area contributed by atoms with Gasteiger partial charge in [-0.05, 0) is 12.0 Å². The largest absolute Gasteiger partial charge is 0.481 e. The van der Waals surface area contributed by atoms with Gasteiger partial charge in [-0.25, -0.2) is 5.06 Å². The number of hydroxylamine groups is 2. The molecule has 1 N–H and O–H groups in total. The summed E-state index contributed by atoms with van der Waals surface area (Å²) in [6.45, 7) is 0.505. The zero-order valence-corrected chi connectivity index (χ0v) is 11.7. The highest BCUT2D eigenvalue weighted by atomic mass is 16.7. The lowest BCUT2D eigenvalue weighted by molar-refractivity contribution is -0.192. The van der Waals surface area contributed by atoms with Gasteiger partial charge >= 0.3 is 5.97 Å². The molecule has 0 saturated carbocycles. The highest BCUT2D eigenvalue weighted by Gasteiger charge is 2.15. The number of rotatable bonds is 9. The quantitative estimate of drug-likeness (QED) is 0.555. The second-order valence-electron chi connectivity index (χ2n) is 4.41. The number of nitrogens with zero attached hydrogens (tertiary/aromatic N) is 2. The van der Waals surface area contributed by atoms with E-state index in [0.717, 1.165) is 10.6 Å². The monoisotopic (exact) mass is 290 g/mol. The number of amides is 1. The van der Waals surface area contributed by atoms with Crippen LogP contribution in [0, 0.1) is 11.3 Å². The lowest BCUT2D eigenvalue weighted by Gasteiger charge is -2.21. The zero-order chi connectivity index (χ0) is 15.5. The number of carboxylic acids is 1. The lowest BCUT2D eigenvalue weighted by atomic mass is 10.2. The third-order valence-electron chi connectivity index (χ3n) is 2.71. The third kappa shape index (κ3) is 7.09. The summed E-state index contributed by atoms with van der Waals surface area (Å²) in [4.78, 5) is 27.9. The van der Waals surface area contributed by atoms with Gasteiger partial charge in [0.15, 0.2) is 0 Å². The van der Waals surface area contributed by atoms with Gasteiger partial charge in [-0.2, -0.15) is 5.26 Å². The van der Waals surface area contributed by atoms with Crippen LogP contribution in [0.1, 0.15) is 31.2 Å². The minimum absolute atomic E-state index is 0.114. The minimum Gasteiger partial charge on any atom is -0.481 e. The Kier molecular flexibility index (Phi) is 7.54. The second-order valence-corrected chi connectivity index (χ2v) is 4.41. The number of unbranched alkanes of at least 4 members (excludes halogenated alkanes) is 1. The first kappa shape index (κ1) is 16.7. The van der Waals surface area contributed by atoms with Crippen molar-refractivity contribution in [2.75, 3.05) is 6.54 Å². The van der Waals surface area contributed by atoms with E-state index in [-0.39, 0.29) is 31.9 Å². The molecule has 0 fully saturated rings. The summed E-state index contributed by atoms with van der Waals surface area (Å²) in [7, 11) is 0. The van der Waals surface area contributed by atoms with Crippen LogP contribution in [0.2, 0.25) is 0 Å². The predicted octanol–water partition coefficient (Wildman–Crippen LogP) is 2.12. The minimum atomic E-state index is -1.02. The van der Waals surface area contributed by atoms with Gasteiger partial charge in [-0.1, -0.05) is 30.3 Å². The molecular weight excluding hydrogens is 272 g/mol. The lowest BCUT2D eigenvalue weighted by Crippen LogP contribution is -2.32. The average molecular weight is 290 g/mol. The van der Waals surface area contributed by atoms with Crippen LogP contribution in [-0.2, 0) is 21.0 Å². The summed E-state index contributed by atoms with van der Waals surface area (Å²) >= 11 is 0. The van der Waals surface area contributed by atoms with E-state index in [9.17, 15) is 9.59 Å². The molecule has 1 amide bonds. The first-order chi connectivity index (χ1) is 10.1. The zero-order valence-electron chi connectivity index (χ0n) is 11.7. The van der Waals surface area contributed by atoms with Gasteiger partial charge < -0.3 is 5.11 Å². The number of hydrogen-bond acceptors (Lipinski definition) is 4. The maximum absolute atomic E-state index is 11.9. The molecule has 0 aliphatic carbocycles. The first-order valence-corrected chi connectivity index (χ1v) is 6.69. The van der Waals surface area contributed by atoms with Crippen molar-refractivity contribution in [2.45, 2.75) is 32.3 Å². The summed E-state index contributed by atoms with van der Waals surface area (Å²) in [6.07, 6.45) is 0.459. The molecule has 6 heteroatoms. The molecule has 0 unspecified atom stereocenters. The van der Waals surface area contributed by atoms with Crippen LogP contribution in [0.5, 0.6) is 0 Å². The summed E-state index contributed by atoms with van der Waals surface area (Å²) in [5, 5.41) is 18.3. The van der Waals surface area contributed by atoms with E-state index in [0.29, 0.717) is 12.8 Å². The van der Waals surface area contributed by atoms with Crippen molar-refractivity contribution >= 4 is 11.9 Å². The Morgan fingerprint density at radius 2 is 1.95 bits per heavy atom. The summed E-state index contributed by atoms with van der Waals surface area (Å²) < 4.78 is 0. The number of hydrogen-bond donors (Lipinski definition) is 1. The topological polar surface area (TPSA) is 90.6 Å². The van der Waals surface area contributed by atoms with E-state index >= 15 is 0 Å². The molecule has 112 valence electrons. The van der Waals surface area contributed by atoms with E-state index in [2.05, 4.69) is 0 Å². The number of carbonyl (C=O) groups is 2. The van der Waals surface area contributed by atoms with Crippen LogP contribution >= 0.6 is 0 Å². The van der Waals surface area contributed by atoms with E-state index in [1.807, 2.05) is 36.4 Å². The maximum Gasteiger partial charge on any atom is 0.303 e. The molecule has 1 aromatic carbocycles. The van der Waals surface area contributed by atoms with Crippen LogP contribution in [-0.4, -0.2) is 28.6 Å². The molecule has 0 saturated heterocycles. The van der Waals surface area contributed by atoms with Gasteiger partial charge in [-0.3, -0.25) is 14.4 Å². The van der Waals surface area contributed by atoms with Gasteiger partial charge in [0.2, 0.25) is 5.91 Å². The van der Waals surface area contributed by atoms with Gasteiger partial charge in [0.1, 0.15) is 6.61 Å². The standard InChI is InChI=1S/C15H18N2O4/c16-10-4-5-11-17(14(18)8-9-15(19)20)21-12-13-6-2-1-3-7-13/h1-3,6-7H,4-5,8-9,11-12H2,(H,19,20). The molecule has 0 bridgehead atoms. The van der Waals surface area contributed by atoms with Crippen molar-refractivity contribution in [3.8, 4) is 6.07 Å². The van der Waals surface area contributed by atoms with Gasteiger partial charge in [-0.15, -0.1) is 0 Å². The fourth-order valence-corrected chi connectivity index (χ4v) is 1.63. The molecule has 0 radical (unpaired) electrons. The first-order valence-electron chi connectivity index (χ1n) is 6.69. The summed E-state index contributed by atoms with van der Waals surface area (Å²) in [5.74, 6) is -1.41. The van der Waals surface area contributed by atoms with E-state index in [1.54, 1.807) is 0 Å². The van der Waals surface area contributed by atoms with Crippen LogP contribution in [0.15, 0.2) is 30.3 Å². The molecule has 1 aromatic rings. The van der Waals surface area contributed by atoms with E-state index in [1.165, 1.54) is 0 Å². The summed E-state index contributed by atoms with van der Waals surface area (Å²) in [6, 6.07) is 11.4. The highest BCUT2D eigenvalue weighted by molar-refractivity contribution is 5.79. The third-order valence-corrected chi connectivity index (χ3v) is 2.71. The van der Waals surface area contributed by atoms with E-state index < -0.39 is 5.97 Å². The SMILES string of the molecule is N#CCCCN(OCc1ccccc1)C(=O)CCC(=O)O. The Morgan fingerprint density at radius 1 is 1.24 bits per heavy atom. The van der Waals surface area contributed by atoms with Crippen LogP contribution in [0.4, 0.5) is 0 Å². The number of carbonyl (C=O) groups excluding carboxylic acids is 1. The molecule has 1 rings (SSSR count). The van der Waals surface area contributed by atoms with Crippen LogP contribution in [0.3, 0.4) is 0 Å². The Hall–Kier alpha value is -2.39. The number of benzene rings is 1. The number of nitriles is 1. The Labute approximate surface area is 123 Å². The molecule has 21 heavy (non-hydrogen) atoms. The highest BCUT2D eigenvalue weighted by Crippen LogP contribution is 2.07. The van der Waals surface area contributed by atoms with Crippen molar-refractivity contribution in [2.24, 2.45) is 0 Å². The van der Waals surface area contributed by atoms with Gasteiger partial charge in [0.25, 0.3) is 0 Å². The summed E-state index contributed by atoms with van der Waals surface area (Å²) in [5.41, 5.74) is 0.911. The normalized spacial score (nSPS) is 9.86. The molecule has 0 heterocycles. The van der Waals surface area contributed by atoms with Gasteiger partial charge in [0.05, 0.1) is 12.5 Å².